The first-order valence-corrected chi connectivity index (χ1v) is 6.28. The van der Waals surface area contributed by atoms with Crippen molar-refractivity contribution in [2.45, 2.75) is 19.2 Å². The van der Waals surface area contributed by atoms with E-state index in [0.29, 0.717) is 22.6 Å². The predicted molar refractivity (Wildman–Crippen MR) is 68.7 cm³/mol. The molecule has 1 aromatic heterocycles. The minimum absolute atomic E-state index is 0.0635. The molecule has 0 radical (unpaired) electrons. The molecule has 0 bridgehead atoms. The zero-order valence-electron chi connectivity index (χ0n) is 9.21. The summed E-state index contributed by atoms with van der Waals surface area (Å²) in [6, 6.07) is 3.54. The fourth-order valence-corrected chi connectivity index (χ4v) is 1.57. The van der Waals surface area contributed by atoms with Gasteiger partial charge in [-0.1, -0.05) is 13.8 Å². The summed E-state index contributed by atoms with van der Waals surface area (Å²) >= 11 is 9.32. The number of hydrogen-bond acceptors (Lipinski definition) is 2. The van der Waals surface area contributed by atoms with Crippen molar-refractivity contribution in [3.05, 3.63) is 28.5 Å². The number of amides is 1. The minimum atomic E-state index is -0.209. The van der Waals surface area contributed by atoms with Crippen molar-refractivity contribution in [3.63, 3.8) is 0 Å². The highest BCUT2D eigenvalue weighted by Crippen LogP contribution is 2.13. The van der Waals surface area contributed by atoms with E-state index in [2.05, 4.69) is 26.2 Å². The van der Waals surface area contributed by atoms with E-state index in [1.807, 2.05) is 13.8 Å². The van der Waals surface area contributed by atoms with Crippen LogP contribution in [0.2, 0.25) is 0 Å². The second-order valence-corrected chi connectivity index (χ2v) is 5.22. The fraction of sp³-hybridized carbons (Fsp3) is 0.455. The van der Waals surface area contributed by atoms with Crippen LogP contribution >= 0.6 is 27.5 Å². The van der Waals surface area contributed by atoms with Gasteiger partial charge in [0.05, 0.1) is 5.38 Å². The van der Waals surface area contributed by atoms with Gasteiger partial charge in [-0.25, -0.2) is 4.98 Å². The predicted octanol–water partition coefficient (Wildman–Crippen LogP) is 2.84. The highest BCUT2D eigenvalue weighted by molar-refractivity contribution is 9.10. The Hall–Kier alpha value is -0.610. The van der Waals surface area contributed by atoms with Gasteiger partial charge in [0, 0.05) is 17.2 Å². The van der Waals surface area contributed by atoms with Crippen molar-refractivity contribution in [3.8, 4) is 0 Å². The third-order valence-corrected chi connectivity index (χ3v) is 3.45. The lowest BCUT2D eigenvalue weighted by Gasteiger charge is -2.14. The maximum absolute atomic E-state index is 11.7. The van der Waals surface area contributed by atoms with E-state index in [9.17, 15) is 4.79 Å². The van der Waals surface area contributed by atoms with Crippen LogP contribution in [-0.2, 0) is 0 Å². The lowest BCUT2D eigenvalue weighted by molar-refractivity contribution is 0.0946. The topological polar surface area (TPSA) is 42.0 Å². The number of carbonyl (C=O) groups is 1. The summed E-state index contributed by atoms with van der Waals surface area (Å²) in [5.41, 5.74) is 0.384. The van der Waals surface area contributed by atoms with Crippen molar-refractivity contribution in [2.75, 3.05) is 6.54 Å². The van der Waals surface area contributed by atoms with Crippen LogP contribution in [0.15, 0.2) is 22.8 Å². The van der Waals surface area contributed by atoms with Crippen LogP contribution < -0.4 is 5.32 Å². The number of nitrogens with one attached hydrogen (secondary N) is 1. The van der Waals surface area contributed by atoms with Gasteiger partial charge in [-0.2, -0.15) is 0 Å². The SMILES string of the molecule is CC(C)C(Cl)CNC(=O)c1ncccc1Br. The molecule has 1 heterocycles. The molecule has 0 aliphatic carbocycles. The summed E-state index contributed by atoms with van der Waals surface area (Å²) < 4.78 is 0.683. The third-order valence-electron chi connectivity index (χ3n) is 2.15. The van der Waals surface area contributed by atoms with Crippen LogP contribution in [0.5, 0.6) is 0 Å². The summed E-state index contributed by atoms with van der Waals surface area (Å²) in [4.78, 5) is 15.7. The number of aromatic nitrogens is 1. The van der Waals surface area contributed by atoms with Crippen molar-refractivity contribution in [1.82, 2.24) is 10.3 Å². The molecule has 0 aromatic carbocycles. The first-order chi connectivity index (χ1) is 7.52. The molecule has 0 saturated heterocycles. The first-order valence-electron chi connectivity index (χ1n) is 5.05. The monoisotopic (exact) mass is 304 g/mol. The Balaban J connectivity index is 2.57. The highest BCUT2D eigenvalue weighted by Gasteiger charge is 2.14. The Bertz CT molecular complexity index is 371. The second-order valence-electron chi connectivity index (χ2n) is 3.80. The third kappa shape index (κ3) is 3.76. The number of alkyl halides is 1. The highest BCUT2D eigenvalue weighted by atomic mass is 79.9. The van der Waals surface area contributed by atoms with E-state index in [1.165, 1.54) is 0 Å². The molecular formula is C11H14BrClN2O. The van der Waals surface area contributed by atoms with E-state index < -0.39 is 0 Å². The lowest BCUT2D eigenvalue weighted by atomic mass is 10.1. The average Bonchev–Trinajstić information content (AvgIpc) is 2.25. The second kappa shape index (κ2) is 6.21. The zero-order chi connectivity index (χ0) is 12.1. The number of rotatable bonds is 4. The Labute approximate surface area is 109 Å². The molecule has 16 heavy (non-hydrogen) atoms. The van der Waals surface area contributed by atoms with Gasteiger partial charge in [0.15, 0.2) is 0 Å². The molecule has 3 nitrogen and oxygen atoms in total. The molecule has 88 valence electrons. The van der Waals surface area contributed by atoms with Crippen LogP contribution in [-0.4, -0.2) is 22.8 Å². The van der Waals surface area contributed by atoms with Gasteiger partial charge in [0.2, 0.25) is 0 Å². The number of halogens is 2. The Morgan fingerprint density at radius 3 is 2.88 bits per heavy atom. The van der Waals surface area contributed by atoms with Crippen LogP contribution in [0.1, 0.15) is 24.3 Å². The van der Waals surface area contributed by atoms with E-state index in [1.54, 1.807) is 18.3 Å². The zero-order valence-corrected chi connectivity index (χ0v) is 11.5. The van der Waals surface area contributed by atoms with Crippen molar-refractivity contribution >= 4 is 33.4 Å². The molecule has 1 aromatic rings. The van der Waals surface area contributed by atoms with Gasteiger partial charge in [-0.3, -0.25) is 4.79 Å². The normalized spacial score (nSPS) is 12.6. The summed E-state index contributed by atoms with van der Waals surface area (Å²) in [7, 11) is 0. The van der Waals surface area contributed by atoms with Crippen molar-refractivity contribution in [1.29, 1.82) is 0 Å². The van der Waals surface area contributed by atoms with E-state index in [4.69, 9.17) is 11.6 Å². The minimum Gasteiger partial charge on any atom is -0.349 e. The lowest BCUT2D eigenvalue weighted by Crippen LogP contribution is -2.32. The number of carbonyl (C=O) groups excluding carboxylic acids is 1. The van der Waals surface area contributed by atoms with Gasteiger partial charge in [0.1, 0.15) is 5.69 Å². The van der Waals surface area contributed by atoms with E-state index in [0.717, 1.165) is 0 Å². The van der Waals surface area contributed by atoms with Crippen LogP contribution in [0.4, 0.5) is 0 Å². The Morgan fingerprint density at radius 2 is 2.31 bits per heavy atom. The molecule has 1 atom stereocenters. The molecular weight excluding hydrogens is 291 g/mol. The van der Waals surface area contributed by atoms with Gasteiger partial charge in [-0.15, -0.1) is 11.6 Å². The average molecular weight is 306 g/mol. The maximum Gasteiger partial charge on any atom is 0.271 e. The number of nitrogens with zero attached hydrogens (tertiary/aromatic N) is 1. The van der Waals surface area contributed by atoms with Crippen molar-refractivity contribution in [2.24, 2.45) is 5.92 Å². The first kappa shape index (κ1) is 13.5. The molecule has 1 rings (SSSR count). The summed E-state index contributed by atoms with van der Waals surface area (Å²) in [6.07, 6.45) is 1.58. The number of hydrogen-bond donors (Lipinski definition) is 1. The molecule has 0 aliphatic rings. The quantitative estimate of drug-likeness (QED) is 0.869. The molecule has 0 saturated carbocycles. The summed E-state index contributed by atoms with van der Waals surface area (Å²) in [6.45, 7) is 4.47. The van der Waals surface area contributed by atoms with Gasteiger partial charge < -0.3 is 5.32 Å². The fourth-order valence-electron chi connectivity index (χ4n) is 1.06. The molecule has 1 unspecified atom stereocenters. The Morgan fingerprint density at radius 1 is 1.62 bits per heavy atom. The maximum atomic E-state index is 11.7. The van der Waals surface area contributed by atoms with E-state index >= 15 is 0 Å². The largest absolute Gasteiger partial charge is 0.349 e. The van der Waals surface area contributed by atoms with Crippen LogP contribution in [0, 0.1) is 5.92 Å². The molecule has 1 amide bonds. The smallest absolute Gasteiger partial charge is 0.271 e. The van der Waals surface area contributed by atoms with Gasteiger partial charge >= 0.3 is 0 Å². The van der Waals surface area contributed by atoms with E-state index in [-0.39, 0.29) is 11.3 Å². The summed E-state index contributed by atoms with van der Waals surface area (Å²) in [5.74, 6) is 0.118. The summed E-state index contributed by atoms with van der Waals surface area (Å²) in [5, 5.41) is 2.69. The molecule has 0 aliphatic heterocycles. The van der Waals surface area contributed by atoms with Crippen LogP contribution in [0.25, 0.3) is 0 Å². The molecule has 0 fully saturated rings. The molecule has 0 spiro atoms. The standard InChI is InChI=1S/C11H14BrClN2O/c1-7(2)9(13)6-15-11(16)10-8(12)4-3-5-14-10/h3-5,7,9H,6H2,1-2H3,(H,15,16). The van der Waals surface area contributed by atoms with Crippen molar-refractivity contribution < 1.29 is 4.79 Å². The van der Waals surface area contributed by atoms with Gasteiger partial charge in [0.25, 0.3) is 5.91 Å². The molecule has 1 N–H and O–H groups in total. The molecule has 5 heteroatoms. The van der Waals surface area contributed by atoms with Gasteiger partial charge in [-0.05, 0) is 34.0 Å². The van der Waals surface area contributed by atoms with Crippen LogP contribution in [0.3, 0.4) is 0 Å². The Kier molecular flexibility index (Phi) is 5.22. The number of pyridine rings is 1.